The van der Waals surface area contributed by atoms with Gasteiger partial charge in [-0.1, -0.05) is 27.2 Å². The second-order valence-corrected chi connectivity index (χ2v) is 7.06. The van der Waals surface area contributed by atoms with Gasteiger partial charge in [-0.2, -0.15) is 0 Å². The predicted octanol–water partition coefficient (Wildman–Crippen LogP) is 3.37. The fourth-order valence-corrected chi connectivity index (χ4v) is 3.98. The minimum Gasteiger partial charge on any atom is -0.316 e. The maximum Gasteiger partial charge on any atom is 0.121 e. The van der Waals surface area contributed by atoms with E-state index in [-0.39, 0.29) is 0 Å². The Kier molecular flexibility index (Phi) is 4.73. The summed E-state index contributed by atoms with van der Waals surface area (Å²) >= 11 is 1.83. The molecular weight excluding hydrogens is 242 g/mol. The quantitative estimate of drug-likeness (QED) is 0.803. The summed E-state index contributed by atoms with van der Waals surface area (Å²) in [6.45, 7) is 9.05. The van der Waals surface area contributed by atoms with Gasteiger partial charge in [0.1, 0.15) is 10.0 Å². The molecule has 1 heterocycles. The molecule has 0 saturated heterocycles. The van der Waals surface area contributed by atoms with Crippen LogP contribution in [-0.4, -0.2) is 23.3 Å². The molecule has 1 aromatic rings. The van der Waals surface area contributed by atoms with Gasteiger partial charge in [-0.15, -0.1) is 21.5 Å². The van der Waals surface area contributed by atoms with Crippen LogP contribution in [0.25, 0.3) is 0 Å². The van der Waals surface area contributed by atoms with Crippen molar-refractivity contribution in [1.29, 1.82) is 0 Å². The zero-order valence-corrected chi connectivity index (χ0v) is 12.6. The fraction of sp³-hybridized carbons (Fsp3) is 0.857. The van der Waals surface area contributed by atoms with Gasteiger partial charge in [0.2, 0.25) is 0 Å². The highest BCUT2D eigenvalue weighted by molar-refractivity contribution is 7.11. The molecule has 1 N–H and O–H groups in total. The zero-order valence-electron chi connectivity index (χ0n) is 11.8. The topological polar surface area (TPSA) is 37.8 Å². The molecule has 1 aromatic heterocycles. The third-order valence-electron chi connectivity index (χ3n) is 3.98. The van der Waals surface area contributed by atoms with E-state index in [0.29, 0.717) is 11.3 Å². The van der Waals surface area contributed by atoms with Crippen LogP contribution in [0.15, 0.2) is 0 Å². The Morgan fingerprint density at radius 1 is 1.33 bits per heavy atom. The van der Waals surface area contributed by atoms with Gasteiger partial charge in [-0.25, -0.2) is 0 Å². The molecule has 102 valence electrons. The molecule has 0 aliphatic heterocycles. The third-order valence-corrected chi connectivity index (χ3v) is 5.08. The number of hydrogen-bond acceptors (Lipinski definition) is 4. The van der Waals surface area contributed by atoms with E-state index in [1.165, 1.54) is 35.7 Å². The van der Waals surface area contributed by atoms with Crippen molar-refractivity contribution in [1.82, 2.24) is 15.5 Å². The number of rotatable bonds is 6. The van der Waals surface area contributed by atoms with Crippen LogP contribution in [0.4, 0.5) is 0 Å². The summed E-state index contributed by atoms with van der Waals surface area (Å²) in [5.41, 5.74) is 0.414. The third kappa shape index (κ3) is 3.29. The highest BCUT2D eigenvalue weighted by Crippen LogP contribution is 2.49. The van der Waals surface area contributed by atoms with Crippen molar-refractivity contribution in [2.24, 2.45) is 5.41 Å². The summed E-state index contributed by atoms with van der Waals surface area (Å²) in [5.74, 6) is 0.632. The molecule has 1 atom stereocenters. The fourth-order valence-electron chi connectivity index (χ4n) is 2.79. The molecule has 0 amide bonds. The molecule has 1 saturated carbocycles. The number of hydrogen-bond donors (Lipinski definition) is 1. The minimum atomic E-state index is 0.414. The summed E-state index contributed by atoms with van der Waals surface area (Å²) < 4.78 is 0. The normalized spacial score (nSPS) is 22.5. The maximum absolute atomic E-state index is 4.43. The van der Waals surface area contributed by atoms with E-state index in [1.807, 2.05) is 11.3 Å². The molecule has 0 bridgehead atoms. The van der Waals surface area contributed by atoms with Crippen LogP contribution in [0.5, 0.6) is 0 Å². The smallest absolute Gasteiger partial charge is 0.121 e. The first-order valence-corrected chi connectivity index (χ1v) is 7.98. The largest absolute Gasteiger partial charge is 0.316 e. The van der Waals surface area contributed by atoms with Crippen molar-refractivity contribution in [2.75, 3.05) is 13.1 Å². The lowest BCUT2D eigenvalue weighted by atomic mass is 9.82. The SMILES string of the molecule is CCCNCCc1nnc(C2CCCC2(C)C)s1. The minimum absolute atomic E-state index is 0.414. The summed E-state index contributed by atoms with van der Waals surface area (Å²) in [7, 11) is 0. The first-order valence-electron chi connectivity index (χ1n) is 7.16. The second kappa shape index (κ2) is 6.11. The van der Waals surface area contributed by atoms with Gasteiger partial charge in [-0.05, 0) is 31.2 Å². The lowest BCUT2D eigenvalue weighted by Crippen LogP contribution is -2.17. The summed E-state index contributed by atoms with van der Waals surface area (Å²) in [6.07, 6.45) is 6.16. The summed E-state index contributed by atoms with van der Waals surface area (Å²) in [5, 5.41) is 14.7. The number of aromatic nitrogens is 2. The Bertz CT molecular complexity index is 373. The Morgan fingerprint density at radius 2 is 2.17 bits per heavy atom. The standard InChI is InChI=1S/C14H25N3S/c1-4-9-15-10-7-12-16-17-13(18-12)11-6-5-8-14(11,2)3/h11,15H,4-10H2,1-3H3. The van der Waals surface area contributed by atoms with Crippen LogP contribution in [0.2, 0.25) is 0 Å². The van der Waals surface area contributed by atoms with Gasteiger partial charge in [-0.3, -0.25) is 0 Å². The van der Waals surface area contributed by atoms with E-state index in [9.17, 15) is 0 Å². The monoisotopic (exact) mass is 267 g/mol. The molecule has 1 fully saturated rings. The van der Waals surface area contributed by atoms with Crippen molar-refractivity contribution in [3.05, 3.63) is 10.0 Å². The number of nitrogens with one attached hydrogen (secondary N) is 1. The molecule has 3 nitrogen and oxygen atoms in total. The zero-order chi connectivity index (χ0) is 13.0. The molecule has 4 heteroatoms. The highest BCUT2D eigenvalue weighted by atomic mass is 32.1. The Morgan fingerprint density at radius 3 is 2.83 bits per heavy atom. The molecule has 18 heavy (non-hydrogen) atoms. The van der Waals surface area contributed by atoms with E-state index in [2.05, 4.69) is 36.3 Å². The molecule has 1 unspecified atom stereocenters. The molecule has 1 aliphatic rings. The van der Waals surface area contributed by atoms with Crippen LogP contribution >= 0.6 is 11.3 Å². The molecular formula is C14H25N3S. The van der Waals surface area contributed by atoms with Crippen LogP contribution in [0, 0.1) is 5.41 Å². The first-order chi connectivity index (χ1) is 8.63. The van der Waals surface area contributed by atoms with E-state index in [1.54, 1.807) is 0 Å². The Labute approximate surface area is 114 Å². The van der Waals surface area contributed by atoms with E-state index in [4.69, 9.17) is 0 Å². The van der Waals surface area contributed by atoms with Gasteiger partial charge in [0.05, 0.1) is 0 Å². The van der Waals surface area contributed by atoms with Gasteiger partial charge in [0, 0.05) is 18.9 Å². The predicted molar refractivity (Wildman–Crippen MR) is 77.1 cm³/mol. The summed E-state index contributed by atoms with van der Waals surface area (Å²) in [4.78, 5) is 0. The van der Waals surface area contributed by atoms with Gasteiger partial charge in [0.25, 0.3) is 0 Å². The Balaban J connectivity index is 1.90. The maximum atomic E-state index is 4.43. The Hall–Kier alpha value is -0.480. The van der Waals surface area contributed by atoms with Crippen molar-refractivity contribution in [2.45, 2.75) is 58.8 Å². The van der Waals surface area contributed by atoms with Crippen LogP contribution in [0.3, 0.4) is 0 Å². The van der Waals surface area contributed by atoms with E-state index >= 15 is 0 Å². The lowest BCUT2D eigenvalue weighted by molar-refractivity contribution is 0.330. The average Bonchev–Trinajstić information content (AvgIpc) is 2.90. The number of nitrogens with zero attached hydrogens (tertiary/aromatic N) is 2. The van der Waals surface area contributed by atoms with Crippen molar-refractivity contribution >= 4 is 11.3 Å². The lowest BCUT2D eigenvalue weighted by Gasteiger charge is -2.24. The molecule has 1 aliphatic carbocycles. The molecule has 0 spiro atoms. The van der Waals surface area contributed by atoms with Crippen molar-refractivity contribution < 1.29 is 0 Å². The van der Waals surface area contributed by atoms with E-state index < -0.39 is 0 Å². The summed E-state index contributed by atoms with van der Waals surface area (Å²) in [6, 6.07) is 0. The van der Waals surface area contributed by atoms with E-state index in [0.717, 1.165) is 19.5 Å². The van der Waals surface area contributed by atoms with Gasteiger partial charge < -0.3 is 5.32 Å². The van der Waals surface area contributed by atoms with Crippen LogP contribution in [0.1, 0.15) is 62.4 Å². The highest BCUT2D eigenvalue weighted by Gasteiger charge is 2.37. The second-order valence-electron chi connectivity index (χ2n) is 5.97. The van der Waals surface area contributed by atoms with Crippen molar-refractivity contribution in [3.63, 3.8) is 0 Å². The first kappa shape index (κ1) is 13.9. The average molecular weight is 267 g/mol. The van der Waals surface area contributed by atoms with Gasteiger partial charge >= 0.3 is 0 Å². The molecule has 2 rings (SSSR count). The molecule has 0 radical (unpaired) electrons. The molecule has 0 aromatic carbocycles. The van der Waals surface area contributed by atoms with Crippen LogP contribution < -0.4 is 5.32 Å². The van der Waals surface area contributed by atoms with Gasteiger partial charge in [0.15, 0.2) is 0 Å². The van der Waals surface area contributed by atoms with Crippen LogP contribution in [-0.2, 0) is 6.42 Å². The van der Waals surface area contributed by atoms with Crippen molar-refractivity contribution in [3.8, 4) is 0 Å².